The van der Waals surface area contributed by atoms with Gasteiger partial charge in [0.1, 0.15) is 5.52 Å². The summed E-state index contributed by atoms with van der Waals surface area (Å²) in [6.07, 6.45) is 3.48. The summed E-state index contributed by atoms with van der Waals surface area (Å²) in [5.41, 5.74) is 3.84. The van der Waals surface area contributed by atoms with Crippen molar-refractivity contribution < 1.29 is 9.90 Å². The van der Waals surface area contributed by atoms with Crippen molar-refractivity contribution >= 4 is 27.9 Å². The molecule has 0 saturated carbocycles. The first-order valence-electron chi connectivity index (χ1n) is 7.23. The second kappa shape index (κ2) is 5.21. The maximum Gasteiger partial charge on any atom is 0.335 e. The molecule has 5 nitrogen and oxygen atoms in total. The minimum atomic E-state index is -0.952. The Bertz CT molecular complexity index is 1020. The van der Waals surface area contributed by atoms with Crippen molar-refractivity contribution in [1.29, 1.82) is 0 Å². The molecule has 0 bridgehead atoms. The number of benzene rings is 2. The van der Waals surface area contributed by atoms with Crippen LogP contribution in [0.4, 0.5) is 0 Å². The fourth-order valence-electron chi connectivity index (χ4n) is 2.79. The highest BCUT2D eigenvalue weighted by atomic mass is 16.4. The summed E-state index contributed by atoms with van der Waals surface area (Å²) in [7, 11) is 0. The van der Waals surface area contributed by atoms with Crippen LogP contribution in [0.3, 0.4) is 0 Å². The standard InChI is InChI=1S/C18H13N3O2/c22-18(23)13-6-7-14-15(8-13)19-9-16-17(14)21(11-20-16)10-12-4-2-1-3-5-12/h1-9,11H,10H2,(H,22,23). The summed E-state index contributed by atoms with van der Waals surface area (Å²) in [5, 5.41) is 10.0. The lowest BCUT2D eigenvalue weighted by Gasteiger charge is -2.07. The number of pyridine rings is 1. The zero-order valence-electron chi connectivity index (χ0n) is 12.2. The molecule has 0 atom stereocenters. The predicted octanol–water partition coefficient (Wildman–Crippen LogP) is 3.33. The molecule has 0 aliphatic rings. The minimum Gasteiger partial charge on any atom is -0.478 e. The Labute approximate surface area is 131 Å². The molecule has 0 saturated heterocycles. The molecule has 5 heteroatoms. The number of aromatic carboxylic acids is 1. The third kappa shape index (κ3) is 2.32. The molecule has 0 spiro atoms. The van der Waals surface area contributed by atoms with Gasteiger partial charge < -0.3 is 9.67 Å². The van der Waals surface area contributed by atoms with Gasteiger partial charge in [0.05, 0.1) is 29.1 Å². The van der Waals surface area contributed by atoms with Gasteiger partial charge in [0.15, 0.2) is 0 Å². The summed E-state index contributed by atoms with van der Waals surface area (Å²) < 4.78 is 2.06. The molecule has 112 valence electrons. The third-order valence-electron chi connectivity index (χ3n) is 3.89. The minimum absolute atomic E-state index is 0.235. The monoisotopic (exact) mass is 303 g/mol. The highest BCUT2D eigenvalue weighted by Crippen LogP contribution is 2.24. The number of carboxylic acids is 1. The molecule has 0 radical (unpaired) electrons. The van der Waals surface area contributed by atoms with E-state index in [1.165, 1.54) is 5.56 Å². The highest BCUT2D eigenvalue weighted by Gasteiger charge is 2.11. The van der Waals surface area contributed by atoms with Crippen LogP contribution >= 0.6 is 0 Å². The third-order valence-corrected chi connectivity index (χ3v) is 3.89. The molecule has 4 aromatic rings. The van der Waals surface area contributed by atoms with E-state index < -0.39 is 5.97 Å². The average molecular weight is 303 g/mol. The van der Waals surface area contributed by atoms with Crippen LogP contribution in [0.2, 0.25) is 0 Å². The summed E-state index contributed by atoms with van der Waals surface area (Å²) in [6, 6.07) is 15.1. The van der Waals surface area contributed by atoms with Gasteiger partial charge in [-0.3, -0.25) is 4.98 Å². The fourth-order valence-corrected chi connectivity index (χ4v) is 2.79. The Balaban J connectivity index is 1.90. The lowest BCUT2D eigenvalue weighted by Crippen LogP contribution is -1.99. The topological polar surface area (TPSA) is 68.0 Å². The Morgan fingerprint density at radius 2 is 1.87 bits per heavy atom. The van der Waals surface area contributed by atoms with E-state index in [-0.39, 0.29) is 5.56 Å². The number of aromatic nitrogens is 3. The molecular weight excluding hydrogens is 290 g/mol. The first-order chi connectivity index (χ1) is 11.2. The average Bonchev–Trinajstić information content (AvgIpc) is 2.98. The molecule has 2 aromatic carbocycles. The first kappa shape index (κ1) is 13.5. The van der Waals surface area contributed by atoms with E-state index in [2.05, 4.69) is 26.7 Å². The van der Waals surface area contributed by atoms with Crippen LogP contribution in [0.15, 0.2) is 61.1 Å². The van der Waals surface area contributed by atoms with Crippen molar-refractivity contribution in [3.63, 3.8) is 0 Å². The number of rotatable bonds is 3. The SMILES string of the molecule is O=C(O)c1ccc2c(c1)ncc1ncn(Cc3ccccc3)c12. The summed E-state index contributed by atoms with van der Waals surface area (Å²) >= 11 is 0. The highest BCUT2D eigenvalue weighted by molar-refractivity contribution is 6.04. The second-order valence-electron chi connectivity index (χ2n) is 5.39. The van der Waals surface area contributed by atoms with Crippen molar-refractivity contribution in [1.82, 2.24) is 14.5 Å². The van der Waals surface area contributed by atoms with Gasteiger partial charge in [0, 0.05) is 11.9 Å². The van der Waals surface area contributed by atoms with Crippen molar-refractivity contribution in [2.24, 2.45) is 0 Å². The van der Waals surface area contributed by atoms with E-state index >= 15 is 0 Å². The van der Waals surface area contributed by atoms with E-state index in [0.717, 1.165) is 16.4 Å². The number of hydrogen-bond donors (Lipinski definition) is 1. The van der Waals surface area contributed by atoms with Crippen molar-refractivity contribution in [3.8, 4) is 0 Å². The molecule has 0 fully saturated rings. The smallest absolute Gasteiger partial charge is 0.335 e. The first-order valence-corrected chi connectivity index (χ1v) is 7.23. The Hall–Kier alpha value is -3.21. The maximum absolute atomic E-state index is 11.1. The fraction of sp³-hybridized carbons (Fsp3) is 0.0556. The van der Waals surface area contributed by atoms with Crippen molar-refractivity contribution in [2.45, 2.75) is 6.54 Å². The van der Waals surface area contributed by atoms with Crippen LogP contribution in [-0.4, -0.2) is 25.6 Å². The molecule has 0 aliphatic heterocycles. The normalized spacial score (nSPS) is 11.1. The van der Waals surface area contributed by atoms with Gasteiger partial charge in [-0.15, -0.1) is 0 Å². The Morgan fingerprint density at radius 1 is 1.04 bits per heavy atom. The molecule has 4 rings (SSSR count). The molecule has 0 unspecified atom stereocenters. The lowest BCUT2D eigenvalue weighted by molar-refractivity contribution is 0.0697. The number of imidazole rings is 1. The lowest BCUT2D eigenvalue weighted by atomic mass is 10.1. The number of carboxylic acid groups (broad SMARTS) is 1. The number of nitrogens with zero attached hydrogens (tertiary/aromatic N) is 3. The van der Waals surface area contributed by atoms with E-state index in [1.807, 2.05) is 18.2 Å². The summed E-state index contributed by atoms with van der Waals surface area (Å²) in [6.45, 7) is 0.705. The molecule has 2 aromatic heterocycles. The zero-order valence-corrected chi connectivity index (χ0v) is 12.2. The van der Waals surface area contributed by atoms with Crippen molar-refractivity contribution in [3.05, 3.63) is 72.2 Å². The van der Waals surface area contributed by atoms with Gasteiger partial charge in [-0.1, -0.05) is 30.3 Å². The van der Waals surface area contributed by atoms with Crippen LogP contribution in [0.25, 0.3) is 21.9 Å². The van der Waals surface area contributed by atoms with E-state index in [1.54, 1.807) is 30.7 Å². The van der Waals surface area contributed by atoms with Gasteiger partial charge in [-0.2, -0.15) is 0 Å². The number of hydrogen-bond acceptors (Lipinski definition) is 3. The quantitative estimate of drug-likeness (QED) is 0.630. The molecule has 1 N–H and O–H groups in total. The Kier molecular flexibility index (Phi) is 3.05. The largest absolute Gasteiger partial charge is 0.478 e. The summed E-state index contributed by atoms with van der Waals surface area (Å²) in [4.78, 5) is 19.9. The van der Waals surface area contributed by atoms with E-state index in [9.17, 15) is 4.79 Å². The number of fused-ring (bicyclic) bond motifs is 3. The van der Waals surface area contributed by atoms with Crippen LogP contribution in [0.5, 0.6) is 0 Å². The van der Waals surface area contributed by atoms with Crippen LogP contribution in [0, 0.1) is 0 Å². The van der Waals surface area contributed by atoms with Crippen LogP contribution < -0.4 is 0 Å². The second-order valence-corrected chi connectivity index (χ2v) is 5.39. The molecule has 0 aliphatic carbocycles. The van der Waals surface area contributed by atoms with Gasteiger partial charge in [0.2, 0.25) is 0 Å². The maximum atomic E-state index is 11.1. The molecule has 2 heterocycles. The van der Waals surface area contributed by atoms with Gasteiger partial charge >= 0.3 is 5.97 Å². The molecule has 23 heavy (non-hydrogen) atoms. The van der Waals surface area contributed by atoms with Crippen LogP contribution in [-0.2, 0) is 6.54 Å². The predicted molar refractivity (Wildman–Crippen MR) is 87.5 cm³/mol. The van der Waals surface area contributed by atoms with Crippen LogP contribution in [0.1, 0.15) is 15.9 Å². The number of carbonyl (C=O) groups is 1. The Morgan fingerprint density at radius 3 is 2.65 bits per heavy atom. The van der Waals surface area contributed by atoms with E-state index in [4.69, 9.17) is 5.11 Å². The van der Waals surface area contributed by atoms with Gasteiger partial charge in [-0.05, 0) is 23.8 Å². The summed E-state index contributed by atoms with van der Waals surface area (Å²) in [5.74, 6) is -0.952. The molecule has 0 amide bonds. The van der Waals surface area contributed by atoms with E-state index in [0.29, 0.717) is 12.1 Å². The van der Waals surface area contributed by atoms with Gasteiger partial charge in [-0.25, -0.2) is 9.78 Å². The zero-order chi connectivity index (χ0) is 15.8. The van der Waals surface area contributed by atoms with Gasteiger partial charge in [0.25, 0.3) is 0 Å². The van der Waals surface area contributed by atoms with Crippen molar-refractivity contribution in [2.75, 3.05) is 0 Å². The molecular formula is C18H13N3O2.